The van der Waals surface area contributed by atoms with Gasteiger partial charge < -0.3 is 4.74 Å². The Hall–Kier alpha value is -2.30. The highest BCUT2D eigenvalue weighted by atomic mass is 16.6. The van der Waals surface area contributed by atoms with Crippen molar-refractivity contribution in [3.63, 3.8) is 0 Å². The van der Waals surface area contributed by atoms with Crippen molar-refractivity contribution in [3.05, 3.63) is 42.7 Å². The molecule has 2 aromatic rings. The molecule has 0 aliphatic rings. The van der Waals surface area contributed by atoms with Gasteiger partial charge in [0.05, 0.1) is 5.69 Å². The van der Waals surface area contributed by atoms with Crippen LogP contribution in [0.2, 0.25) is 0 Å². The Labute approximate surface area is 112 Å². The first-order chi connectivity index (χ1) is 8.94. The molecule has 5 heteroatoms. The maximum atomic E-state index is 11.6. The molecule has 1 heterocycles. The van der Waals surface area contributed by atoms with Gasteiger partial charge in [-0.15, -0.1) is 0 Å². The predicted molar refractivity (Wildman–Crippen MR) is 73.4 cm³/mol. The largest absolute Gasteiger partial charge is 0.444 e. The fourth-order valence-electron chi connectivity index (χ4n) is 1.54. The molecule has 0 saturated heterocycles. The summed E-state index contributed by atoms with van der Waals surface area (Å²) in [5, 5.41) is 6.81. The van der Waals surface area contributed by atoms with Gasteiger partial charge in [0.1, 0.15) is 5.60 Å². The summed E-state index contributed by atoms with van der Waals surface area (Å²) in [6, 6.07) is 9.22. The maximum Gasteiger partial charge on any atom is 0.412 e. The first-order valence-corrected chi connectivity index (χ1v) is 6.04. The Morgan fingerprint density at radius 1 is 1.26 bits per heavy atom. The zero-order valence-electron chi connectivity index (χ0n) is 11.3. The average molecular weight is 259 g/mol. The second-order valence-corrected chi connectivity index (χ2v) is 5.12. The maximum absolute atomic E-state index is 11.6. The van der Waals surface area contributed by atoms with Crippen molar-refractivity contribution in [2.45, 2.75) is 26.4 Å². The van der Waals surface area contributed by atoms with Crippen molar-refractivity contribution in [3.8, 4) is 5.69 Å². The molecule has 0 aliphatic carbocycles. The zero-order chi connectivity index (χ0) is 13.9. The quantitative estimate of drug-likeness (QED) is 0.900. The number of anilines is 1. The summed E-state index contributed by atoms with van der Waals surface area (Å²) in [7, 11) is 0. The molecule has 1 amide bonds. The molecule has 0 saturated carbocycles. The van der Waals surface area contributed by atoms with E-state index in [-0.39, 0.29) is 0 Å². The molecule has 0 radical (unpaired) electrons. The molecule has 19 heavy (non-hydrogen) atoms. The molecule has 5 nitrogen and oxygen atoms in total. The van der Waals surface area contributed by atoms with Crippen LogP contribution in [0.25, 0.3) is 5.69 Å². The minimum absolute atomic E-state index is 0.459. The molecule has 0 bridgehead atoms. The molecule has 0 atom stereocenters. The van der Waals surface area contributed by atoms with Gasteiger partial charge in [-0.2, -0.15) is 5.10 Å². The van der Waals surface area contributed by atoms with Gasteiger partial charge in [0, 0.05) is 18.1 Å². The summed E-state index contributed by atoms with van der Waals surface area (Å²) >= 11 is 0. The van der Waals surface area contributed by atoms with Crippen LogP contribution in [0.3, 0.4) is 0 Å². The smallest absolute Gasteiger partial charge is 0.412 e. The highest BCUT2D eigenvalue weighted by Crippen LogP contribution is 2.14. The lowest BCUT2D eigenvalue weighted by Crippen LogP contribution is -2.27. The third kappa shape index (κ3) is 3.84. The van der Waals surface area contributed by atoms with Crippen molar-refractivity contribution in [1.82, 2.24) is 9.78 Å². The van der Waals surface area contributed by atoms with Crippen molar-refractivity contribution < 1.29 is 9.53 Å². The van der Waals surface area contributed by atoms with E-state index in [1.54, 1.807) is 23.0 Å². The lowest BCUT2D eigenvalue weighted by atomic mass is 10.2. The number of rotatable bonds is 2. The molecular formula is C14H17N3O2. The van der Waals surface area contributed by atoms with Gasteiger partial charge in [-0.3, -0.25) is 5.32 Å². The number of nitrogens with one attached hydrogen (secondary N) is 1. The third-order valence-electron chi connectivity index (χ3n) is 2.28. The normalized spacial score (nSPS) is 11.1. The predicted octanol–water partition coefficient (Wildman–Crippen LogP) is 3.22. The Balaban J connectivity index is 2.01. The van der Waals surface area contributed by atoms with E-state index in [1.165, 1.54) is 0 Å². The number of aromatic nitrogens is 2. The number of hydrogen-bond acceptors (Lipinski definition) is 3. The Morgan fingerprint density at radius 3 is 2.47 bits per heavy atom. The van der Waals surface area contributed by atoms with Crippen LogP contribution < -0.4 is 5.32 Å². The molecule has 1 aromatic heterocycles. The zero-order valence-corrected chi connectivity index (χ0v) is 11.3. The summed E-state index contributed by atoms with van der Waals surface area (Å²) in [6.45, 7) is 5.48. The average Bonchev–Trinajstić information content (AvgIpc) is 2.80. The van der Waals surface area contributed by atoms with Gasteiger partial charge in [0.25, 0.3) is 0 Å². The molecule has 2 rings (SSSR count). The number of nitrogens with zero attached hydrogens (tertiary/aromatic N) is 2. The monoisotopic (exact) mass is 259 g/mol. The molecule has 100 valence electrons. The number of amides is 1. The van der Waals surface area contributed by atoms with Gasteiger partial charge in [-0.05, 0) is 51.1 Å². The lowest BCUT2D eigenvalue weighted by molar-refractivity contribution is 0.0636. The van der Waals surface area contributed by atoms with Crippen LogP contribution in [0.4, 0.5) is 10.5 Å². The van der Waals surface area contributed by atoms with Crippen LogP contribution in [0.15, 0.2) is 42.7 Å². The number of hydrogen-bond donors (Lipinski definition) is 1. The first kappa shape index (κ1) is 13.1. The summed E-state index contributed by atoms with van der Waals surface area (Å²) in [4.78, 5) is 11.6. The highest BCUT2D eigenvalue weighted by molar-refractivity contribution is 5.84. The standard InChI is InChI=1S/C14H17N3O2/c1-14(2,3)19-13(18)16-11-5-7-12(8-6-11)17-10-4-9-15-17/h4-10H,1-3H3,(H,16,18). The Bertz CT molecular complexity index is 539. The fourth-order valence-corrected chi connectivity index (χ4v) is 1.54. The minimum Gasteiger partial charge on any atom is -0.444 e. The van der Waals surface area contributed by atoms with Crippen LogP contribution in [-0.4, -0.2) is 21.5 Å². The van der Waals surface area contributed by atoms with Crippen LogP contribution in [0.5, 0.6) is 0 Å². The van der Waals surface area contributed by atoms with E-state index in [1.807, 2.05) is 45.2 Å². The fraction of sp³-hybridized carbons (Fsp3) is 0.286. The van der Waals surface area contributed by atoms with E-state index in [0.29, 0.717) is 5.69 Å². The third-order valence-corrected chi connectivity index (χ3v) is 2.28. The van der Waals surface area contributed by atoms with Crippen molar-refractivity contribution >= 4 is 11.8 Å². The van der Waals surface area contributed by atoms with Crippen LogP contribution in [0, 0.1) is 0 Å². The van der Waals surface area contributed by atoms with E-state index in [4.69, 9.17) is 4.74 Å². The molecule has 0 unspecified atom stereocenters. The first-order valence-electron chi connectivity index (χ1n) is 6.04. The summed E-state index contributed by atoms with van der Waals surface area (Å²) in [6.07, 6.45) is 3.11. The number of carbonyl (C=O) groups is 1. The Morgan fingerprint density at radius 2 is 1.95 bits per heavy atom. The van der Waals surface area contributed by atoms with Crippen molar-refractivity contribution in [1.29, 1.82) is 0 Å². The molecule has 1 N–H and O–H groups in total. The summed E-state index contributed by atoms with van der Waals surface area (Å²) < 4.78 is 6.92. The molecule has 1 aromatic carbocycles. The summed E-state index contributed by atoms with van der Waals surface area (Å²) in [5.74, 6) is 0. The van der Waals surface area contributed by atoms with E-state index >= 15 is 0 Å². The van der Waals surface area contributed by atoms with E-state index < -0.39 is 11.7 Å². The van der Waals surface area contributed by atoms with Crippen LogP contribution >= 0.6 is 0 Å². The van der Waals surface area contributed by atoms with Crippen LogP contribution in [0.1, 0.15) is 20.8 Å². The Kier molecular flexibility index (Phi) is 3.55. The topological polar surface area (TPSA) is 56.1 Å². The van der Waals surface area contributed by atoms with Crippen molar-refractivity contribution in [2.75, 3.05) is 5.32 Å². The van der Waals surface area contributed by atoms with Crippen LogP contribution in [-0.2, 0) is 4.74 Å². The van der Waals surface area contributed by atoms with Crippen molar-refractivity contribution in [2.24, 2.45) is 0 Å². The van der Waals surface area contributed by atoms with Gasteiger partial charge >= 0.3 is 6.09 Å². The number of carbonyl (C=O) groups excluding carboxylic acids is 1. The second-order valence-electron chi connectivity index (χ2n) is 5.12. The van der Waals surface area contributed by atoms with Gasteiger partial charge in [0.15, 0.2) is 0 Å². The van der Waals surface area contributed by atoms with Gasteiger partial charge in [0.2, 0.25) is 0 Å². The minimum atomic E-state index is -0.501. The SMILES string of the molecule is CC(C)(C)OC(=O)Nc1ccc(-n2cccn2)cc1. The van der Waals surface area contributed by atoms with E-state index in [9.17, 15) is 4.79 Å². The van der Waals surface area contributed by atoms with E-state index in [0.717, 1.165) is 5.69 Å². The second kappa shape index (κ2) is 5.14. The summed E-state index contributed by atoms with van der Waals surface area (Å²) in [5.41, 5.74) is 1.11. The molecular weight excluding hydrogens is 242 g/mol. The van der Waals surface area contributed by atoms with Gasteiger partial charge in [-0.25, -0.2) is 9.48 Å². The molecule has 0 fully saturated rings. The molecule has 0 spiro atoms. The lowest BCUT2D eigenvalue weighted by Gasteiger charge is -2.19. The highest BCUT2D eigenvalue weighted by Gasteiger charge is 2.16. The van der Waals surface area contributed by atoms with Gasteiger partial charge in [-0.1, -0.05) is 0 Å². The number of benzene rings is 1. The number of ether oxygens (including phenoxy) is 1. The van der Waals surface area contributed by atoms with E-state index in [2.05, 4.69) is 10.4 Å². The molecule has 0 aliphatic heterocycles.